The fourth-order valence-electron chi connectivity index (χ4n) is 4.62. The number of fused-ring (bicyclic) bond motifs is 2. The lowest BCUT2D eigenvalue weighted by molar-refractivity contribution is 0.0762. The number of hydrogen-bond acceptors (Lipinski definition) is 4. The van der Waals surface area contributed by atoms with Crippen LogP contribution in [0.25, 0.3) is 0 Å². The normalized spacial score (nSPS) is 22.0. The van der Waals surface area contributed by atoms with E-state index in [1.54, 1.807) is 53.7 Å². The number of nitrogens with zero attached hydrogens (tertiary/aromatic N) is 3. The van der Waals surface area contributed by atoms with E-state index >= 15 is 0 Å². The van der Waals surface area contributed by atoms with E-state index in [0.717, 1.165) is 0 Å². The van der Waals surface area contributed by atoms with Gasteiger partial charge in [-0.3, -0.25) is 9.78 Å². The van der Waals surface area contributed by atoms with Crippen molar-refractivity contribution in [2.45, 2.75) is 23.4 Å². The third kappa shape index (κ3) is 3.14. The average molecular weight is 437 g/mol. The Morgan fingerprint density at radius 3 is 2.48 bits per heavy atom. The first-order chi connectivity index (χ1) is 14.9. The van der Waals surface area contributed by atoms with Crippen molar-refractivity contribution in [3.8, 4) is 0 Å². The summed E-state index contributed by atoms with van der Waals surface area (Å²) in [6.07, 6.45) is 3.62. The van der Waals surface area contributed by atoms with Gasteiger partial charge in [-0.15, -0.1) is 0 Å². The molecule has 158 valence electrons. The summed E-state index contributed by atoms with van der Waals surface area (Å²) in [5.41, 5.74) is 1.07. The Bertz CT molecular complexity index is 1250. The van der Waals surface area contributed by atoms with Gasteiger partial charge < -0.3 is 4.90 Å². The van der Waals surface area contributed by atoms with Gasteiger partial charge in [-0.1, -0.05) is 30.3 Å². The maximum Gasteiger partial charge on any atom is 0.254 e. The minimum absolute atomic E-state index is 0.106. The first-order valence-electron chi connectivity index (χ1n) is 9.98. The number of carbonyl (C=O) groups excluding carboxylic acids is 1. The van der Waals surface area contributed by atoms with Crippen molar-refractivity contribution in [2.24, 2.45) is 0 Å². The Balaban J connectivity index is 1.56. The molecule has 1 atom stereocenters. The van der Waals surface area contributed by atoms with Crippen LogP contribution in [0.3, 0.4) is 0 Å². The second-order valence-corrected chi connectivity index (χ2v) is 9.71. The maximum absolute atomic E-state index is 13.5. The number of aromatic nitrogens is 1. The molecule has 2 aliphatic heterocycles. The number of rotatable bonds is 3. The van der Waals surface area contributed by atoms with E-state index in [4.69, 9.17) is 0 Å². The quantitative estimate of drug-likeness (QED) is 0.631. The van der Waals surface area contributed by atoms with Crippen LogP contribution < -0.4 is 0 Å². The SMILES string of the molecule is O=C(c1ccncc1)N1CC[C@]2(C1)c1ccccc1S(=O)(=O)N2Cc1ccc(F)cc1. The lowest BCUT2D eigenvalue weighted by Crippen LogP contribution is -2.46. The molecule has 0 bridgehead atoms. The monoisotopic (exact) mass is 437 g/mol. The minimum atomic E-state index is -3.77. The molecule has 2 aliphatic rings. The van der Waals surface area contributed by atoms with Gasteiger partial charge in [-0.25, -0.2) is 12.8 Å². The van der Waals surface area contributed by atoms with Gasteiger partial charge in [0.25, 0.3) is 5.91 Å². The van der Waals surface area contributed by atoms with E-state index < -0.39 is 15.6 Å². The van der Waals surface area contributed by atoms with Crippen molar-refractivity contribution in [3.63, 3.8) is 0 Å². The molecule has 2 aromatic carbocycles. The Labute approximate surface area is 180 Å². The summed E-state index contributed by atoms with van der Waals surface area (Å²) < 4.78 is 41.9. The smallest absolute Gasteiger partial charge is 0.254 e. The van der Waals surface area contributed by atoms with Crippen molar-refractivity contribution in [1.29, 1.82) is 0 Å². The molecule has 1 aromatic heterocycles. The molecule has 5 rings (SSSR count). The van der Waals surface area contributed by atoms with Crippen molar-refractivity contribution in [1.82, 2.24) is 14.2 Å². The van der Waals surface area contributed by atoms with Gasteiger partial charge in [-0.05, 0) is 47.9 Å². The number of halogens is 1. The van der Waals surface area contributed by atoms with Crippen LogP contribution in [0.1, 0.15) is 27.9 Å². The molecular weight excluding hydrogens is 417 g/mol. The molecule has 1 spiro atoms. The molecule has 8 heteroatoms. The second-order valence-electron chi connectivity index (χ2n) is 7.88. The second kappa shape index (κ2) is 7.25. The Morgan fingerprint density at radius 2 is 1.74 bits per heavy atom. The molecule has 3 aromatic rings. The molecule has 0 aliphatic carbocycles. The minimum Gasteiger partial charge on any atom is -0.336 e. The average Bonchev–Trinajstić information content (AvgIpc) is 3.31. The number of benzene rings is 2. The van der Waals surface area contributed by atoms with E-state index in [2.05, 4.69) is 4.98 Å². The van der Waals surface area contributed by atoms with Crippen molar-refractivity contribution < 1.29 is 17.6 Å². The number of amides is 1. The van der Waals surface area contributed by atoms with E-state index in [1.807, 2.05) is 12.1 Å². The lowest BCUT2D eigenvalue weighted by atomic mass is 9.88. The zero-order chi connectivity index (χ0) is 21.6. The molecule has 0 N–H and O–H groups in total. The zero-order valence-corrected chi connectivity index (χ0v) is 17.4. The summed E-state index contributed by atoms with van der Waals surface area (Å²) in [5, 5.41) is 0. The highest BCUT2D eigenvalue weighted by Gasteiger charge is 2.57. The molecule has 1 saturated heterocycles. The number of hydrogen-bond donors (Lipinski definition) is 0. The molecule has 1 fully saturated rings. The number of pyridine rings is 1. The van der Waals surface area contributed by atoms with E-state index in [9.17, 15) is 17.6 Å². The van der Waals surface area contributed by atoms with Crippen LogP contribution in [0.2, 0.25) is 0 Å². The summed E-state index contributed by atoms with van der Waals surface area (Å²) in [4.78, 5) is 19.0. The van der Waals surface area contributed by atoms with Crippen molar-refractivity contribution >= 4 is 15.9 Å². The zero-order valence-electron chi connectivity index (χ0n) is 16.6. The van der Waals surface area contributed by atoms with Crippen LogP contribution in [-0.2, 0) is 22.1 Å². The van der Waals surface area contributed by atoms with E-state index in [0.29, 0.717) is 29.7 Å². The van der Waals surface area contributed by atoms with E-state index in [1.165, 1.54) is 16.4 Å². The van der Waals surface area contributed by atoms with Gasteiger partial charge in [0.05, 0.1) is 10.4 Å². The fourth-order valence-corrected chi connectivity index (χ4v) is 6.67. The number of likely N-dealkylation sites (tertiary alicyclic amines) is 1. The van der Waals surface area contributed by atoms with Gasteiger partial charge in [0.1, 0.15) is 5.82 Å². The highest BCUT2D eigenvalue weighted by atomic mass is 32.2. The summed E-state index contributed by atoms with van der Waals surface area (Å²) in [6.45, 7) is 0.797. The first-order valence-corrected chi connectivity index (χ1v) is 11.4. The summed E-state index contributed by atoms with van der Waals surface area (Å²) in [7, 11) is -3.77. The van der Waals surface area contributed by atoms with Crippen LogP contribution >= 0.6 is 0 Å². The van der Waals surface area contributed by atoms with Gasteiger partial charge in [-0.2, -0.15) is 4.31 Å². The Hall–Kier alpha value is -3.10. The van der Waals surface area contributed by atoms with Crippen LogP contribution in [-0.4, -0.2) is 41.6 Å². The van der Waals surface area contributed by atoms with Crippen LogP contribution in [0.4, 0.5) is 4.39 Å². The van der Waals surface area contributed by atoms with Crippen LogP contribution in [0.15, 0.2) is 78.0 Å². The lowest BCUT2D eigenvalue weighted by Gasteiger charge is -2.34. The first kappa shape index (κ1) is 19.8. The van der Waals surface area contributed by atoms with Crippen molar-refractivity contribution in [3.05, 3.63) is 95.6 Å². The predicted molar refractivity (Wildman–Crippen MR) is 112 cm³/mol. The molecular formula is C23H20FN3O3S. The number of sulfonamides is 1. The highest BCUT2D eigenvalue weighted by molar-refractivity contribution is 7.89. The molecule has 0 radical (unpaired) electrons. The molecule has 1 amide bonds. The molecule has 3 heterocycles. The summed E-state index contributed by atoms with van der Waals surface area (Å²) >= 11 is 0. The molecule has 0 unspecified atom stereocenters. The fraction of sp³-hybridized carbons (Fsp3) is 0.217. The standard InChI is InChI=1S/C23H20FN3O3S/c24-19-7-5-17(6-8-19)15-27-23(20-3-1-2-4-21(20)31(27,29)30)11-14-26(16-23)22(28)18-9-12-25-13-10-18/h1-10,12-13H,11,14-16H2/t23-/m0/s1. The third-order valence-corrected chi connectivity index (χ3v) is 8.11. The molecule has 31 heavy (non-hydrogen) atoms. The third-order valence-electron chi connectivity index (χ3n) is 6.14. The highest BCUT2D eigenvalue weighted by Crippen LogP contribution is 2.50. The van der Waals surface area contributed by atoms with E-state index in [-0.39, 0.29) is 29.7 Å². The van der Waals surface area contributed by atoms with Crippen LogP contribution in [0, 0.1) is 5.82 Å². The Kier molecular flexibility index (Phi) is 4.64. The van der Waals surface area contributed by atoms with Gasteiger partial charge >= 0.3 is 0 Å². The molecule has 0 saturated carbocycles. The topological polar surface area (TPSA) is 70.6 Å². The predicted octanol–water partition coefficient (Wildman–Crippen LogP) is 3.17. The van der Waals surface area contributed by atoms with Crippen molar-refractivity contribution in [2.75, 3.05) is 13.1 Å². The maximum atomic E-state index is 13.5. The number of carbonyl (C=O) groups is 1. The Morgan fingerprint density at radius 1 is 1.03 bits per heavy atom. The summed E-state index contributed by atoms with van der Waals surface area (Å²) in [6, 6.07) is 16.1. The molecule has 6 nitrogen and oxygen atoms in total. The van der Waals surface area contributed by atoms with Crippen LogP contribution in [0.5, 0.6) is 0 Å². The largest absolute Gasteiger partial charge is 0.336 e. The van der Waals surface area contributed by atoms with Gasteiger partial charge in [0, 0.05) is 37.6 Å². The summed E-state index contributed by atoms with van der Waals surface area (Å²) in [5.74, 6) is -0.524. The van der Waals surface area contributed by atoms with Gasteiger partial charge in [0.15, 0.2) is 0 Å². The van der Waals surface area contributed by atoms with Gasteiger partial charge in [0.2, 0.25) is 10.0 Å².